The van der Waals surface area contributed by atoms with E-state index in [2.05, 4.69) is 4.72 Å². The molecule has 4 atom stereocenters. The topological polar surface area (TPSA) is 81.7 Å². The zero-order chi connectivity index (χ0) is 16.6. The molecule has 4 unspecified atom stereocenters. The number of carbonyl (C=O) groups is 1. The molecule has 1 N–H and O–H groups in total. The van der Waals surface area contributed by atoms with Crippen LogP contribution in [0.15, 0.2) is 29.2 Å². The standard InChI is InChI=1S/C16H21NO5S/c1-21-12-5-3-4-6-13(12)23(19,20)17-15-11-8-7-10(9-11)14(15)16(18)22-2/h3-6,10-11,14-15,17H,7-9H2,1-2H3. The van der Waals surface area contributed by atoms with Crippen molar-refractivity contribution in [2.24, 2.45) is 17.8 Å². The molecular weight excluding hydrogens is 318 g/mol. The Morgan fingerprint density at radius 3 is 2.57 bits per heavy atom. The minimum atomic E-state index is -3.77. The molecule has 0 aliphatic heterocycles. The maximum Gasteiger partial charge on any atom is 0.310 e. The number of sulfonamides is 1. The lowest BCUT2D eigenvalue weighted by molar-refractivity contribution is -0.148. The van der Waals surface area contributed by atoms with E-state index >= 15 is 0 Å². The summed E-state index contributed by atoms with van der Waals surface area (Å²) >= 11 is 0. The van der Waals surface area contributed by atoms with E-state index in [1.807, 2.05) is 0 Å². The summed E-state index contributed by atoms with van der Waals surface area (Å²) in [5, 5.41) is 0. The highest BCUT2D eigenvalue weighted by Gasteiger charge is 2.52. The van der Waals surface area contributed by atoms with Crippen LogP contribution in [-0.2, 0) is 19.6 Å². The van der Waals surface area contributed by atoms with E-state index in [-0.39, 0.29) is 28.5 Å². The molecule has 3 rings (SSSR count). The van der Waals surface area contributed by atoms with Gasteiger partial charge >= 0.3 is 5.97 Å². The lowest BCUT2D eigenvalue weighted by Crippen LogP contribution is -2.47. The molecule has 6 nitrogen and oxygen atoms in total. The minimum Gasteiger partial charge on any atom is -0.495 e. The molecule has 0 aromatic heterocycles. The summed E-state index contributed by atoms with van der Waals surface area (Å²) < 4.78 is 38.3. The van der Waals surface area contributed by atoms with Crippen molar-refractivity contribution < 1.29 is 22.7 Å². The van der Waals surface area contributed by atoms with Gasteiger partial charge in [-0.25, -0.2) is 13.1 Å². The van der Waals surface area contributed by atoms with Crippen molar-refractivity contribution in [3.8, 4) is 5.75 Å². The number of carbonyl (C=O) groups excluding carboxylic acids is 1. The van der Waals surface area contributed by atoms with Gasteiger partial charge in [0.15, 0.2) is 0 Å². The molecule has 0 spiro atoms. The fraction of sp³-hybridized carbons (Fsp3) is 0.562. The molecule has 126 valence electrons. The number of methoxy groups -OCH3 is 2. The molecule has 0 heterocycles. The third kappa shape index (κ3) is 2.83. The Balaban J connectivity index is 1.89. The van der Waals surface area contributed by atoms with Crippen LogP contribution in [-0.4, -0.2) is 34.6 Å². The molecule has 1 aromatic carbocycles. The molecular formula is C16H21NO5S. The number of esters is 1. The highest BCUT2D eigenvalue weighted by atomic mass is 32.2. The van der Waals surface area contributed by atoms with Crippen LogP contribution in [0.2, 0.25) is 0 Å². The van der Waals surface area contributed by atoms with Crippen LogP contribution in [0.25, 0.3) is 0 Å². The highest BCUT2D eigenvalue weighted by Crippen LogP contribution is 2.49. The monoisotopic (exact) mass is 339 g/mol. The molecule has 2 bridgehead atoms. The van der Waals surface area contributed by atoms with Gasteiger partial charge in [-0.3, -0.25) is 4.79 Å². The van der Waals surface area contributed by atoms with Crippen molar-refractivity contribution in [3.63, 3.8) is 0 Å². The van der Waals surface area contributed by atoms with Crippen molar-refractivity contribution >= 4 is 16.0 Å². The smallest absolute Gasteiger partial charge is 0.310 e. The first-order chi connectivity index (χ1) is 11.0. The number of fused-ring (bicyclic) bond motifs is 2. The van der Waals surface area contributed by atoms with Crippen molar-refractivity contribution in [2.75, 3.05) is 14.2 Å². The number of para-hydroxylation sites is 1. The van der Waals surface area contributed by atoms with E-state index in [1.54, 1.807) is 18.2 Å². The fourth-order valence-corrected chi connectivity index (χ4v) is 5.52. The third-order valence-electron chi connectivity index (χ3n) is 5.04. The second-order valence-corrected chi connectivity index (χ2v) is 7.86. The average Bonchev–Trinajstić information content (AvgIpc) is 3.15. The molecule has 2 saturated carbocycles. The first-order valence-corrected chi connectivity index (χ1v) is 9.19. The summed E-state index contributed by atoms with van der Waals surface area (Å²) in [5.74, 6) is -0.0441. The second-order valence-electron chi connectivity index (χ2n) is 6.18. The molecule has 0 saturated heterocycles. The average molecular weight is 339 g/mol. The van der Waals surface area contributed by atoms with Crippen LogP contribution < -0.4 is 9.46 Å². The van der Waals surface area contributed by atoms with Crippen LogP contribution in [0, 0.1) is 17.8 Å². The molecule has 0 radical (unpaired) electrons. The SMILES string of the molecule is COC(=O)C1C2CCC(C2)C1NS(=O)(=O)c1ccccc1OC. The summed E-state index contributed by atoms with van der Waals surface area (Å²) in [6.45, 7) is 0. The van der Waals surface area contributed by atoms with E-state index in [9.17, 15) is 13.2 Å². The summed E-state index contributed by atoms with van der Waals surface area (Å²) in [4.78, 5) is 12.2. The lowest BCUT2D eigenvalue weighted by Gasteiger charge is -2.29. The van der Waals surface area contributed by atoms with Gasteiger partial charge in [0.25, 0.3) is 0 Å². The first kappa shape index (κ1) is 16.3. The number of nitrogens with one attached hydrogen (secondary N) is 1. The van der Waals surface area contributed by atoms with Crippen LogP contribution in [0.4, 0.5) is 0 Å². The molecule has 23 heavy (non-hydrogen) atoms. The van der Waals surface area contributed by atoms with Crippen molar-refractivity contribution in [1.82, 2.24) is 4.72 Å². The predicted molar refractivity (Wildman–Crippen MR) is 83.4 cm³/mol. The normalized spacial score (nSPS) is 29.5. The first-order valence-electron chi connectivity index (χ1n) is 7.71. The molecule has 2 aliphatic carbocycles. The Hall–Kier alpha value is -1.60. The van der Waals surface area contributed by atoms with E-state index in [4.69, 9.17) is 9.47 Å². The van der Waals surface area contributed by atoms with Gasteiger partial charge in [-0.2, -0.15) is 0 Å². The summed E-state index contributed by atoms with van der Waals surface area (Å²) in [6.07, 6.45) is 2.77. The van der Waals surface area contributed by atoms with Gasteiger partial charge in [-0.1, -0.05) is 12.1 Å². The fourth-order valence-electron chi connectivity index (χ4n) is 4.02. The van der Waals surface area contributed by atoms with Crippen LogP contribution in [0.1, 0.15) is 19.3 Å². The van der Waals surface area contributed by atoms with Gasteiger partial charge in [-0.05, 0) is 43.2 Å². The van der Waals surface area contributed by atoms with Gasteiger partial charge in [0.05, 0.1) is 20.1 Å². The van der Waals surface area contributed by atoms with Crippen molar-refractivity contribution in [1.29, 1.82) is 0 Å². The van der Waals surface area contributed by atoms with Crippen LogP contribution >= 0.6 is 0 Å². The van der Waals surface area contributed by atoms with Crippen molar-refractivity contribution in [2.45, 2.75) is 30.2 Å². The Labute approximate surface area is 136 Å². The van der Waals surface area contributed by atoms with Crippen molar-refractivity contribution in [3.05, 3.63) is 24.3 Å². The van der Waals surface area contributed by atoms with E-state index in [0.717, 1.165) is 19.3 Å². The molecule has 1 aromatic rings. The van der Waals surface area contributed by atoms with Crippen LogP contribution in [0.3, 0.4) is 0 Å². The van der Waals surface area contributed by atoms with E-state index < -0.39 is 22.0 Å². The third-order valence-corrected chi connectivity index (χ3v) is 6.54. The van der Waals surface area contributed by atoms with Crippen LogP contribution in [0.5, 0.6) is 5.75 Å². The summed E-state index contributed by atoms with van der Waals surface area (Å²) in [7, 11) is -0.985. The Morgan fingerprint density at radius 2 is 1.87 bits per heavy atom. The summed E-state index contributed by atoms with van der Waals surface area (Å²) in [6, 6.07) is 6.06. The van der Waals surface area contributed by atoms with Gasteiger partial charge in [0.1, 0.15) is 10.6 Å². The predicted octanol–water partition coefficient (Wildman–Crippen LogP) is 1.56. The zero-order valence-corrected chi connectivity index (χ0v) is 14.0. The summed E-state index contributed by atoms with van der Waals surface area (Å²) in [5.41, 5.74) is 0. The zero-order valence-electron chi connectivity index (χ0n) is 13.2. The Morgan fingerprint density at radius 1 is 1.17 bits per heavy atom. The maximum absolute atomic E-state index is 12.8. The number of ether oxygens (including phenoxy) is 2. The molecule has 2 fully saturated rings. The van der Waals surface area contributed by atoms with Gasteiger partial charge in [0, 0.05) is 6.04 Å². The molecule has 2 aliphatic rings. The van der Waals surface area contributed by atoms with E-state index in [1.165, 1.54) is 20.3 Å². The number of hydrogen-bond acceptors (Lipinski definition) is 5. The van der Waals surface area contributed by atoms with E-state index in [0.29, 0.717) is 0 Å². The molecule has 7 heteroatoms. The maximum atomic E-state index is 12.8. The molecule has 0 amide bonds. The Bertz CT molecular complexity index is 702. The van der Waals surface area contributed by atoms with Gasteiger partial charge < -0.3 is 9.47 Å². The number of hydrogen-bond donors (Lipinski definition) is 1. The Kier molecular flexibility index (Phi) is 4.33. The minimum absolute atomic E-state index is 0.0916. The number of benzene rings is 1. The van der Waals surface area contributed by atoms with Gasteiger partial charge in [0.2, 0.25) is 10.0 Å². The quantitative estimate of drug-likeness (QED) is 0.823. The lowest BCUT2D eigenvalue weighted by atomic mass is 9.85. The number of rotatable bonds is 5. The second kappa shape index (κ2) is 6.13. The van der Waals surface area contributed by atoms with Gasteiger partial charge in [-0.15, -0.1) is 0 Å². The highest BCUT2D eigenvalue weighted by molar-refractivity contribution is 7.89. The largest absolute Gasteiger partial charge is 0.495 e.